The second kappa shape index (κ2) is 6.24. The van der Waals surface area contributed by atoms with Crippen molar-refractivity contribution in [2.45, 2.75) is 26.0 Å². The molecular weight excluding hydrogens is 222 g/mol. The zero-order valence-corrected chi connectivity index (χ0v) is 10.7. The van der Waals surface area contributed by atoms with Gasteiger partial charge in [0.1, 0.15) is 0 Å². The van der Waals surface area contributed by atoms with Gasteiger partial charge in [-0.3, -0.25) is 4.90 Å². The van der Waals surface area contributed by atoms with Crippen molar-refractivity contribution in [2.75, 3.05) is 19.7 Å². The molecule has 0 bridgehead atoms. The van der Waals surface area contributed by atoms with Crippen LogP contribution in [0.1, 0.15) is 25.5 Å². The van der Waals surface area contributed by atoms with Crippen LogP contribution in [0.2, 0.25) is 0 Å². The van der Waals surface area contributed by atoms with E-state index in [0.29, 0.717) is 6.04 Å². The molecule has 1 aromatic carbocycles. The first-order valence-corrected chi connectivity index (χ1v) is 5.73. The highest BCUT2D eigenvalue weighted by Gasteiger charge is 2.28. The van der Waals surface area contributed by atoms with Crippen molar-refractivity contribution in [1.29, 1.82) is 0 Å². The predicted octanol–water partition coefficient (Wildman–Crippen LogP) is 2.89. The number of benzene rings is 1. The lowest BCUT2D eigenvalue weighted by molar-refractivity contribution is -0.0650. The summed E-state index contributed by atoms with van der Waals surface area (Å²) in [6, 6.07) is 11.0. The van der Waals surface area contributed by atoms with Gasteiger partial charge in [-0.2, -0.15) is 0 Å². The first kappa shape index (κ1) is 13.5. The number of hydrogen-bond donors (Lipinski definition) is 0. The molecule has 1 aliphatic rings. The predicted molar refractivity (Wildman–Crippen MR) is 69.1 cm³/mol. The molecule has 2 rings (SSSR count). The zero-order chi connectivity index (χ0) is 10.7. The number of ether oxygens (including phenoxy) is 1. The average Bonchev–Trinajstić information content (AvgIpc) is 2.30. The van der Waals surface area contributed by atoms with Crippen LogP contribution < -0.4 is 0 Å². The highest BCUT2D eigenvalue weighted by atomic mass is 35.5. The van der Waals surface area contributed by atoms with E-state index in [-0.39, 0.29) is 18.5 Å². The molecule has 2 unspecified atom stereocenters. The summed E-state index contributed by atoms with van der Waals surface area (Å²) < 4.78 is 5.87. The molecule has 1 fully saturated rings. The Hall–Kier alpha value is -0.570. The highest BCUT2D eigenvalue weighted by Crippen LogP contribution is 2.27. The van der Waals surface area contributed by atoms with Crippen LogP contribution in [0, 0.1) is 0 Å². The molecule has 1 saturated heterocycles. The number of likely N-dealkylation sites (N-methyl/N-ethyl adjacent to an activating group) is 1. The van der Waals surface area contributed by atoms with E-state index < -0.39 is 0 Å². The summed E-state index contributed by atoms with van der Waals surface area (Å²) in [5, 5.41) is 0. The summed E-state index contributed by atoms with van der Waals surface area (Å²) in [5.74, 6) is 0. The van der Waals surface area contributed by atoms with Gasteiger partial charge in [0, 0.05) is 12.6 Å². The lowest BCUT2D eigenvalue weighted by Gasteiger charge is -2.38. The SMILES string of the molecule is CCN1CCOC(c2ccccc2)C1C.Cl. The van der Waals surface area contributed by atoms with Gasteiger partial charge in [0.2, 0.25) is 0 Å². The van der Waals surface area contributed by atoms with Crippen LogP contribution in [0.15, 0.2) is 30.3 Å². The number of morpholine rings is 1. The van der Waals surface area contributed by atoms with Crippen LogP contribution in [0.5, 0.6) is 0 Å². The molecule has 1 aliphatic heterocycles. The number of hydrogen-bond acceptors (Lipinski definition) is 2. The van der Waals surface area contributed by atoms with Crippen molar-refractivity contribution in [2.24, 2.45) is 0 Å². The minimum atomic E-state index is 0. The maximum atomic E-state index is 5.87. The molecule has 3 heteroatoms. The minimum absolute atomic E-state index is 0. The van der Waals surface area contributed by atoms with E-state index in [9.17, 15) is 0 Å². The molecule has 16 heavy (non-hydrogen) atoms. The Balaban J connectivity index is 0.00000128. The number of nitrogens with zero attached hydrogens (tertiary/aromatic N) is 1. The van der Waals surface area contributed by atoms with E-state index in [1.165, 1.54) is 5.56 Å². The van der Waals surface area contributed by atoms with Crippen molar-refractivity contribution in [1.82, 2.24) is 4.90 Å². The maximum Gasteiger partial charge on any atom is 0.0977 e. The van der Waals surface area contributed by atoms with Crippen molar-refractivity contribution >= 4 is 12.4 Å². The summed E-state index contributed by atoms with van der Waals surface area (Å²) in [6.07, 6.45) is 0.236. The Bertz CT molecular complexity index is 304. The average molecular weight is 242 g/mol. The van der Waals surface area contributed by atoms with Gasteiger partial charge < -0.3 is 4.74 Å². The number of rotatable bonds is 2. The molecule has 1 aromatic rings. The van der Waals surface area contributed by atoms with Gasteiger partial charge in [-0.05, 0) is 19.0 Å². The number of halogens is 1. The second-order valence-corrected chi connectivity index (χ2v) is 4.07. The maximum absolute atomic E-state index is 5.87. The fourth-order valence-corrected chi connectivity index (χ4v) is 2.29. The summed E-state index contributed by atoms with van der Waals surface area (Å²) in [7, 11) is 0. The molecule has 0 saturated carbocycles. The normalized spacial score (nSPS) is 26.1. The summed E-state index contributed by atoms with van der Waals surface area (Å²) >= 11 is 0. The van der Waals surface area contributed by atoms with Gasteiger partial charge in [-0.25, -0.2) is 0 Å². The monoisotopic (exact) mass is 241 g/mol. The van der Waals surface area contributed by atoms with Gasteiger partial charge in [0.25, 0.3) is 0 Å². The standard InChI is InChI=1S/C13H19NO.ClH/c1-3-14-9-10-15-13(11(14)2)12-7-5-4-6-8-12;/h4-8,11,13H,3,9-10H2,1-2H3;1H. The summed E-state index contributed by atoms with van der Waals surface area (Å²) in [5.41, 5.74) is 1.29. The summed E-state index contributed by atoms with van der Waals surface area (Å²) in [6.45, 7) is 7.47. The molecule has 2 atom stereocenters. The molecule has 0 aromatic heterocycles. The van der Waals surface area contributed by atoms with Crippen molar-refractivity contribution in [3.05, 3.63) is 35.9 Å². The lowest BCUT2D eigenvalue weighted by atomic mass is 10.0. The zero-order valence-electron chi connectivity index (χ0n) is 9.93. The van der Waals surface area contributed by atoms with E-state index in [1.54, 1.807) is 0 Å². The smallest absolute Gasteiger partial charge is 0.0977 e. The third kappa shape index (κ3) is 2.76. The van der Waals surface area contributed by atoms with E-state index in [4.69, 9.17) is 4.74 Å². The first-order chi connectivity index (χ1) is 7.33. The Morgan fingerprint density at radius 3 is 2.62 bits per heavy atom. The van der Waals surface area contributed by atoms with Gasteiger partial charge in [-0.1, -0.05) is 37.3 Å². The molecule has 90 valence electrons. The molecule has 2 nitrogen and oxygen atoms in total. The van der Waals surface area contributed by atoms with E-state index in [0.717, 1.165) is 19.7 Å². The van der Waals surface area contributed by atoms with Gasteiger partial charge in [0.05, 0.1) is 12.7 Å². The van der Waals surface area contributed by atoms with Crippen LogP contribution in [-0.2, 0) is 4.74 Å². The van der Waals surface area contributed by atoms with Crippen molar-refractivity contribution in [3.63, 3.8) is 0 Å². The highest BCUT2D eigenvalue weighted by molar-refractivity contribution is 5.85. The summed E-state index contributed by atoms with van der Waals surface area (Å²) in [4.78, 5) is 2.47. The van der Waals surface area contributed by atoms with Crippen molar-refractivity contribution < 1.29 is 4.74 Å². The largest absolute Gasteiger partial charge is 0.371 e. The molecule has 0 radical (unpaired) electrons. The molecule has 0 aliphatic carbocycles. The Kier molecular flexibility index (Phi) is 5.26. The Morgan fingerprint density at radius 2 is 2.00 bits per heavy atom. The Morgan fingerprint density at radius 1 is 1.31 bits per heavy atom. The quantitative estimate of drug-likeness (QED) is 0.790. The molecule has 0 spiro atoms. The fraction of sp³-hybridized carbons (Fsp3) is 0.538. The molecule has 0 N–H and O–H groups in total. The first-order valence-electron chi connectivity index (χ1n) is 5.73. The third-order valence-electron chi connectivity index (χ3n) is 3.22. The van der Waals surface area contributed by atoms with E-state index in [1.807, 2.05) is 0 Å². The molecule has 0 amide bonds. The van der Waals surface area contributed by atoms with E-state index >= 15 is 0 Å². The third-order valence-corrected chi connectivity index (χ3v) is 3.22. The molecular formula is C13H20ClNO. The van der Waals surface area contributed by atoms with Crippen LogP contribution in [0.3, 0.4) is 0 Å². The second-order valence-electron chi connectivity index (χ2n) is 4.07. The van der Waals surface area contributed by atoms with Crippen LogP contribution in [0.4, 0.5) is 0 Å². The van der Waals surface area contributed by atoms with Gasteiger partial charge in [-0.15, -0.1) is 12.4 Å². The lowest BCUT2D eigenvalue weighted by Crippen LogP contribution is -2.45. The van der Waals surface area contributed by atoms with Gasteiger partial charge in [0.15, 0.2) is 0 Å². The van der Waals surface area contributed by atoms with Crippen LogP contribution >= 0.6 is 12.4 Å². The fourth-order valence-electron chi connectivity index (χ4n) is 2.29. The van der Waals surface area contributed by atoms with Crippen molar-refractivity contribution in [3.8, 4) is 0 Å². The van der Waals surface area contributed by atoms with Crippen LogP contribution in [0.25, 0.3) is 0 Å². The van der Waals surface area contributed by atoms with E-state index in [2.05, 4.69) is 49.1 Å². The van der Waals surface area contributed by atoms with Gasteiger partial charge >= 0.3 is 0 Å². The topological polar surface area (TPSA) is 12.5 Å². The Labute approximate surface area is 104 Å². The molecule has 1 heterocycles. The minimum Gasteiger partial charge on any atom is -0.371 e. The van der Waals surface area contributed by atoms with Crippen LogP contribution in [-0.4, -0.2) is 30.6 Å².